The van der Waals surface area contributed by atoms with Gasteiger partial charge >= 0.3 is 0 Å². The van der Waals surface area contributed by atoms with Crippen LogP contribution in [0.3, 0.4) is 0 Å². The molecule has 2 rings (SSSR count). The van der Waals surface area contributed by atoms with Crippen LogP contribution in [0.5, 0.6) is 0 Å². The van der Waals surface area contributed by atoms with Crippen LogP contribution in [0.4, 0.5) is 0 Å². The van der Waals surface area contributed by atoms with E-state index < -0.39 is 6.10 Å². The molecule has 1 saturated heterocycles. The zero-order valence-electron chi connectivity index (χ0n) is 9.02. The normalized spacial score (nSPS) is 20.1. The van der Waals surface area contributed by atoms with E-state index in [0.29, 0.717) is 5.92 Å². The molecular formula is C12H17NO2. The van der Waals surface area contributed by atoms with E-state index in [-0.39, 0.29) is 0 Å². The summed E-state index contributed by atoms with van der Waals surface area (Å²) in [5, 5.41) is 10.2. The molecule has 1 aromatic heterocycles. The number of hydrogen-bond acceptors (Lipinski definition) is 3. The SMILES string of the molecule is Cc1cccnc1C(O)C1CCOCC1. The van der Waals surface area contributed by atoms with Crippen molar-refractivity contribution in [3.63, 3.8) is 0 Å². The Labute approximate surface area is 90.1 Å². The molecule has 2 heterocycles. The third-order valence-corrected chi connectivity index (χ3v) is 3.04. The van der Waals surface area contributed by atoms with E-state index in [0.717, 1.165) is 37.3 Å². The minimum atomic E-state index is -0.435. The van der Waals surface area contributed by atoms with E-state index in [1.807, 2.05) is 19.1 Å². The van der Waals surface area contributed by atoms with Crippen LogP contribution in [0.1, 0.15) is 30.2 Å². The minimum absolute atomic E-state index is 0.298. The molecule has 0 amide bonds. The number of nitrogens with zero attached hydrogens (tertiary/aromatic N) is 1. The van der Waals surface area contributed by atoms with E-state index >= 15 is 0 Å². The van der Waals surface area contributed by atoms with Crippen LogP contribution in [0, 0.1) is 12.8 Å². The number of aryl methyl sites for hydroxylation is 1. The Hall–Kier alpha value is -0.930. The highest BCUT2D eigenvalue weighted by molar-refractivity contribution is 5.20. The van der Waals surface area contributed by atoms with Crippen molar-refractivity contribution in [2.75, 3.05) is 13.2 Å². The van der Waals surface area contributed by atoms with Crippen molar-refractivity contribution in [2.45, 2.75) is 25.9 Å². The van der Waals surface area contributed by atoms with Crippen molar-refractivity contribution in [3.05, 3.63) is 29.6 Å². The lowest BCUT2D eigenvalue weighted by Gasteiger charge is -2.27. The van der Waals surface area contributed by atoms with Crippen molar-refractivity contribution in [2.24, 2.45) is 5.92 Å². The summed E-state index contributed by atoms with van der Waals surface area (Å²) in [6, 6.07) is 3.89. The third kappa shape index (κ3) is 2.36. The second-order valence-electron chi connectivity index (χ2n) is 4.10. The van der Waals surface area contributed by atoms with Crippen LogP contribution in [0.2, 0.25) is 0 Å². The molecule has 1 aliphatic heterocycles. The molecule has 82 valence electrons. The highest BCUT2D eigenvalue weighted by Crippen LogP contribution is 2.29. The van der Waals surface area contributed by atoms with E-state index in [1.165, 1.54) is 0 Å². The van der Waals surface area contributed by atoms with Gasteiger partial charge in [-0.2, -0.15) is 0 Å². The van der Waals surface area contributed by atoms with Gasteiger partial charge in [0.05, 0.1) is 11.8 Å². The molecular weight excluding hydrogens is 190 g/mol. The average Bonchev–Trinajstić information content (AvgIpc) is 2.30. The molecule has 1 aromatic rings. The summed E-state index contributed by atoms with van der Waals surface area (Å²) in [6.45, 7) is 3.51. The molecule has 0 saturated carbocycles. The number of ether oxygens (including phenoxy) is 1. The molecule has 1 N–H and O–H groups in total. The van der Waals surface area contributed by atoms with Crippen molar-refractivity contribution in [3.8, 4) is 0 Å². The smallest absolute Gasteiger partial charge is 0.0992 e. The maximum Gasteiger partial charge on any atom is 0.0992 e. The molecule has 15 heavy (non-hydrogen) atoms. The van der Waals surface area contributed by atoms with Crippen molar-refractivity contribution >= 4 is 0 Å². The van der Waals surface area contributed by atoms with Gasteiger partial charge in [-0.15, -0.1) is 0 Å². The van der Waals surface area contributed by atoms with Crippen LogP contribution in [0.25, 0.3) is 0 Å². The fraction of sp³-hybridized carbons (Fsp3) is 0.583. The Balaban J connectivity index is 2.12. The van der Waals surface area contributed by atoms with Gasteiger partial charge in [0.15, 0.2) is 0 Å². The third-order valence-electron chi connectivity index (χ3n) is 3.04. The zero-order valence-corrected chi connectivity index (χ0v) is 9.02. The lowest BCUT2D eigenvalue weighted by molar-refractivity contribution is 0.00533. The van der Waals surface area contributed by atoms with E-state index in [1.54, 1.807) is 6.20 Å². The molecule has 1 atom stereocenters. The first-order valence-corrected chi connectivity index (χ1v) is 5.46. The fourth-order valence-electron chi connectivity index (χ4n) is 2.06. The predicted octanol–water partition coefficient (Wildman–Crippen LogP) is 1.85. The van der Waals surface area contributed by atoms with Gasteiger partial charge in [0.2, 0.25) is 0 Å². The standard InChI is InChI=1S/C12H17NO2/c1-9-3-2-6-13-11(9)12(14)10-4-7-15-8-5-10/h2-3,6,10,12,14H,4-5,7-8H2,1H3. The van der Waals surface area contributed by atoms with Gasteiger partial charge in [-0.1, -0.05) is 6.07 Å². The number of pyridine rings is 1. The molecule has 1 fully saturated rings. The largest absolute Gasteiger partial charge is 0.387 e. The van der Waals surface area contributed by atoms with Crippen LogP contribution >= 0.6 is 0 Å². The molecule has 3 nitrogen and oxygen atoms in total. The maximum absolute atomic E-state index is 10.2. The quantitative estimate of drug-likeness (QED) is 0.804. The highest BCUT2D eigenvalue weighted by Gasteiger charge is 2.25. The van der Waals surface area contributed by atoms with Gasteiger partial charge in [-0.25, -0.2) is 0 Å². The van der Waals surface area contributed by atoms with Crippen LogP contribution in [-0.4, -0.2) is 23.3 Å². The summed E-state index contributed by atoms with van der Waals surface area (Å²) in [5.41, 5.74) is 1.89. The lowest BCUT2D eigenvalue weighted by atomic mass is 9.90. The Morgan fingerprint density at radius 3 is 2.87 bits per heavy atom. The van der Waals surface area contributed by atoms with E-state index in [2.05, 4.69) is 4.98 Å². The zero-order chi connectivity index (χ0) is 10.7. The minimum Gasteiger partial charge on any atom is -0.387 e. The van der Waals surface area contributed by atoms with Crippen LogP contribution in [0.15, 0.2) is 18.3 Å². The van der Waals surface area contributed by atoms with Gasteiger partial charge in [0, 0.05) is 19.4 Å². The average molecular weight is 207 g/mol. The molecule has 0 aromatic carbocycles. The Kier molecular flexibility index (Phi) is 3.34. The van der Waals surface area contributed by atoms with Crippen molar-refractivity contribution in [1.29, 1.82) is 0 Å². The first kappa shape index (κ1) is 10.6. The number of aliphatic hydroxyl groups excluding tert-OH is 1. The summed E-state index contributed by atoms with van der Waals surface area (Å²) in [4.78, 5) is 4.26. The molecule has 1 aliphatic rings. The first-order valence-electron chi connectivity index (χ1n) is 5.46. The van der Waals surface area contributed by atoms with Crippen molar-refractivity contribution < 1.29 is 9.84 Å². The molecule has 0 radical (unpaired) electrons. The summed E-state index contributed by atoms with van der Waals surface area (Å²) in [7, 11) is 0. The highest BCUT2D eigenvalue weighted by atomic mass is 16.5. The van der Waals surface area contributed by atoms with E-state index in [4.69, 9.17) is 4.74 Å². The van der Waals surface area contributed by atoms with E-state index in [9.17, 15) is 5.11 Å². The predicted molar refractivity (Wildman–Crippen MR) is 57.5 cm³/mol. The second kappa shape index (κ2) is 4.73. The second-order valence-corrected chi connectivity index (χ2v) is 4.10. The molecule has 0 spiro atoms. The Bertz CT molecular complexity index is 321. The molecule has 0 aliphatic carbocycles. The monoisotopic (exact) mass is 207 g/mol. The lowest BCUT2D eigenvalue weighted by Crippen LogP contribution is -2.23. The van der Waals surface area contributed by atoms with Crippen LogP contribution in [-0.2, 0) is 4.74 Å². The molecule has 0 bridgehead atoms. The molecule has 1 unspecified atom stereocenters. The Morgan fingerprint density at radius 1 is 1.47 bits per heavy atom. The van der Waals surface area contributed by atoms with Gasteiger partial charge in [0.1, 0.15) is 0 Å². The Morgan fingerprint density at radius 2 is 2.20 bits per heavy atom. The van der Waals surface area contributed by atoms with Crippen LogP contribution < -0.4 is 0 Å². The fourth-order valence-corrected chi connectivity index (χ4v) is 2.06. The summed E-state index contributed by atoms with van der Waals surface area (Å²) >= 11 is 0. The van der Waals surface area contributed by atoms with Crippen molar-refractivity contribution in [1.82, 2.24) is 4.98 Å². The summed E-state index contributed by atoms with van der Waals surface area (Å²) in [5.74, 6) is 0.298. The summed E-state index contributed by atoms with van der Waals surface area (Å²) < 4.78 is 5.28. The van der Waals surface area contributed by atoms with Gasteiger partial charge in [0.25, 0.3) is 0 Å². The number of rotatable bonds is 2. The molecule has 3 heteroatoms. The number of aromatic nitrogens is 1. The van der Waals surface area contributed by atoms with Gasteiger partial charge in [-0.3, -0.25) is 4.98 Å². The number of aliphatic hydroxyl groups is 1. The maximum atomic E-state index is 10.2. The number of hydrogen-bond donors (Lipinski definition) is 1. The summed E-state index contributed by atoms with van der Waals surface area (Å²) in [6.07, 6.45) is 3.16. The topological polar surface area (TPSA) is 42.4 Å². The van der Waals surface area contributed by atoms with Gasteiger partial charge < -0.3 is 9.84 Å². The first-order chi connectivity index (χ1) is 7.29. The van der Waals surface area contributed by atoms with Gasteiger partial charge in [-0.05, 0) is 37.3 Å².